The molecule has 0 N–H and O–H groups in total. The second kappa shape index (κ2) is 14.3. The molecule has 0 fully saturated rings. The Morgan fingerprint density at radius 1 is 0.554 bits per heavy atom. The average Bonchev–Trinajstić information content (AvgIpc) is 4.10. The van der Waals surface area contributed by atoms with Crippen LogP contribution in [0.4, 0.5) is 11.4 Å². The van der Waals surface area contributed by atoms with Gasteiger partial charge in [0.05, 0.1) is 16.7 Å². The normalized spacial score (nSPS) is 16.8. The number of fused-ring (bicyclic) bond motifs is 19. The highest BCUT2D eigenvalue weighted by Gasteiger charge is 2.50. The Morgan fingerprint density at radius 2 is 1.22 bits per heavy atom. The summed E-state index contributed by atoms with van der Waals surface area (Å²) in [6, 6.07) is 54.3. The van der Waals surface area contributed by atoms with Gasteiger partial charge in [-0.3, -0.25) is 0 Å². The molecule has 2 aliphatic carbocycles. The minimum atomic E-state index is -0.229. The van der Waals surface area contributed by atoms with Gasteiger partial charge in [0.1, 0.15) is 11.2 Å². The molecule has 4 aliphatic rings. The first-order chi connectivity index (χ1) is 35.2. The molecule has 11 aromatic rings. The number of rotatable bonds is 2. The zero-order chi connectivity index (χ0) is 50.9. The van der Waals surface area contributed by atoms with Gasteiger partial charge in [-0.2, -0.15) is 0 Å². The van der Waals surface area contributed by atoms with Gasteiger partial charge in [-0.15, -0.1) is 11.3 Å². The largest absolute Gasteiger partial charge is 0.455 e. The molecule has 0 amide bonds. The van der Waals surface area contributed by atoms with Gasteiger partial charge in [-0.05, 0) is 150 Å². The van der Waals surface area contributed by atoms with Crippen LogP contribution < -0.4 is 15.1 Å². The van der Waals surface area contributed by atoms with Crippen LogP contribution in [0.15, 0.2) is 144 Å². The Morgan fingerprint density at radius 3 is 1.95 bits per heavy atom. The Labute approximate surface area is 439 Å². The number of benzene rings is 8. The lowest BCUT2D eigenvalue weighted by Crippen LogP contribution is -2.59. The summed E-state index contributed by atoms with van der Waals surface area (Å²) in [5, 5.41) is 6.25. The van der Waals surface area contributed by atoms with Crippen molar-refractivity contribution >= 4 is 93.6 Å². The summed E-state index contributed by atoms with van der Waals surface area (Å²) in [6.07, 6.45) is 2.38. The molecule has 5 heterocycles. The molecule has 5 heteroatoms. The summed E-state index contributed by atoms with van der Waals surface area (Å²) in [6.45, 7) is 28.7. The van der Waals surface area contributed by atoms with Crippen molar-refractivity contribution in [2.75, 3.05) is 4.81 Å². The molecule has 2 aliphatic heterocycles. The van der Waals surface area contributed by atoms with Gasteiger partial charge in [-0.1, -0.05) is 168 Å². The van der Waals surface area contributed by atoms with Crippen LogP contribution in [-0.2, 0) is 27.1 Å². The Bertz CT molecular complexity index is 4290. The molecule has 0 unspecified atom stereocenters. The number of thiophene rings is 1. The highest BCUT2D eigenvalue weighted by Crippen LogP contribution is 2.59. The van der Waals surface area contributed by atoms with Crippen molar-refractivity contribution < 1.29 is 4.42 Å². The predicted molar refractivity (Wildman–Crippen MR) is 318 cm³/mol. The van der Waals surface area contributed by atoms with Crippen LogP contribution in [0.5, 0.6) is 0 Å². The van der Waals surface area contributed by atoms with Gasteiger partial charge < -0.3 is 13.8 Å². The van der Waals surface area contributed by atoms with Gasteiger partial charge in [0.15, 0.2) is 0 Å². The molecule has 3 aromatic heterocycles. The average molecular weight is 979 g/mol. The number of nitrogens with zero attached hydrogens (tertiary/aromatic N) is 2. The Hall–Kier alpha value is -6.82. The quantitative estimate of drug-likeness (QED) is 0.161. The third-order valence-corrected chi connectivity index (χ3v) is 19.7. The van der Waals surface area contributed by atoms with Gasteiger partial charge in [0, 0.05) is 64.3 Å². The summed E-state index contributed by atoms with van der Waals surface area (Å²) in [4.78, 5) is 2.75. The smallest absolute Gasteiger partial charge is 0.343 e. The second-order valence-electron chi connectivity index (χ2n) is 26.3. The lowest BCUT2D eigenvalue weighted by Gasteiger charge is -2.42. The van der Waals surface area contributed by atoms with Crippen molar-refractivity contribution in [3.05, 3.63) is 173 Å². The van der Waals surface area contributed by atoms with E-state index in [1.165, 1.54) is 150 Å². The van der Waals surface area contributed by atoms with E-state index in [4.69, 9.17) is 4.42 Å². The van der Waals surface area contributed by atoms with Crippen LogP contribution in [0.2, 0.25) is 0 Å². The van der Waals surface area contributed by atoms with Gasteiger partial charge in [-0.25, -0.2) is 0 Å². The number of para-hydroxylation sites is 1. The fourth-order valence-corrected chi connectivity index (χ4v) is 15.6. The maximum absolute atomic E-state index is 7.48. The number of anilines is 2. The molecular weight excluding hydrogens is 916 g/mol. The summed E-state index contributed by atoms with van der Waals surface area (Å²) in [5.41, 5.74) is 25.7. The molecule has 0 saturated heterocycles. The summed E-state index contributed by atoms with van der Waals surface area (Å²) < 4.78 is 12.8. The minimum absolute atomic E-state index is 0.00963. The third kappa shape index (κ3) is 5.80. The molecule has 0 spiro atoms. The molecule has 0 bridgehead atoms. The highest BCUT2D eigenvalue weighted by molar-refractivity contribution is 7.32. The zero-order valence-corrected chi connectivity index (χ0v) is 45.8. The summed E-state index contributed by atoms with van der Waals surface area (Å²) >= 11 is 1.98. The van der Waals surface area contributed by atoms with Crippen LogP contribution >= 0.6 is 11.3 Å². The van der Waals surface area contributed by atoms with E-state index in [1.807, 2.05) is 11.3 Å². The van der Waals surface area contributed by atoms with Gasteiger partial charge >= 0.3 is 6.85 Å². The van der Waals surface area contributed by atoms with E-state index in [9.17, 15) is 0 Å². The summed E-state index contributed by atoms with van der Waals surface area (Å²) in [7, 11) is 0. The molecule has 74 heavy (non-hydrogen) atoms. The highest BCUT2D eigenvalue weighted by atomic mass is 32.1. The second-order valence-corrected chi connectivity index (χ2v) is 27.4. The number of hydrogen-bond donors (Lipinski definition) is 0. The predicted octanol–water partition coefficient (Wildman–Crippen LogP) is 18.1. The zero-order valence-electron chi connectivity index (χ0n) is 45.0. The van der Waals surface area contributed by atoms with Crippen molar-refractivity contribution in [1.29, 1.82) is 0 Å². The van der Waals surface area contributed by atoms with E-state index >= 15 is 0 Å². The summed E-state index contributed by atoms with van der Waals surface area (Å²) in [5.74, 6) is 0. The standard InChI is InChI=1S/C69H63BN2OS/c1-65(2,3)40-23-26-42(27-24-40)72-54-37-50-45(46-35-51-52(36-49(46)69(50,11)12)68(9,10)31-30-67(51,7)8)34-48(54)59-60-62-57(58-43-20-16-17-21-55(43)73-63(58)59)47-33-41(66(4,5)6)25-29-53(47)71(62)61-44-28-22-39(38-18-14-13-15-19-38)32-56(44)74-64(61)70(60)72/h13-29,32-37H,30-31H2,1-12H3. The van der Waals surface area contributed by atoms with Crippen LogP contribution in [0.25, 0.3) is 92.9 Å². The Kier molecular flexibility index (Phi) is 8.63. The maximum Gasteiger partial charge on any atom is 0.343 e. The first kappa shape index (κ1) is 44.7. The molecule has 15 rings (SSSR count). The van der Waals surface area contributed by atoms with Gasteiger partial charge in [0.2, 0.25) is 0 Å². The lowest BCUT2D eigenvalue weighted by atomic mass is 9.47. The van der Waals surface area contributed by atoms with E-state index in [2.05, 4.69) is 232 Å². The molecule has 0 saturated carbocycles. The number of aromatic nitrogens is 1. The fraction of sp³-hybridized carbons (Fsp3) is 0.275. The molecule has 3 nitrogen and oxygen atoms in total. The molecular formula is C69H63BN2OS. The topological polar surface area (TPSA) is 21.3 Å². The van der Waals surface area contributed by atoms with E-state index in [-0.39, 0.29) is 33.9 Å². The van der Waals surface area contributed by atoms with Crippen LogP contribution in [0.3, 0.4) is 0 Å². The Balaban J connectivity index is 1.14. The van der Waals surface area contributed by atoms with Gasteiger partial charge in [0.25, 0.3) is 0 Å². The number of furan rings is 1. The van der Waals surface area contributed by atoms with Crippen molar-refractivity contribution in [2.24, 2.45) is 0 Å². The van der Waals surface area contributed by atoms with Crippen molar-refractivity contribution in [2.45, 2.75) is 123 Å². The van der Waals surface area contributed by atoms with Crippen molar-refractivity contribution in [1.82, 2.24) is 4.57 Å². The van der Waals surface area contributed by atoms with Crippen LogP contribution in [-0.4, -0.2) is 11.4 Å². The lowest BCUT2D eigenvalue weighted by molar-refractivity contribution is 0.331. The van der Waals surface area contributed by atoms with E-state index in [0.29, 0.717) is 0 Å². The monoisotopic (exact) mass is 978 g/mol. The van der Waals surface area contributed by atoms with Crippen LogP contribution in [0.1, 0.15) is 129 Å². The fourth-order valence-electron chi connectivity index (χ4n) is 14.2. The third-order valence-electron chi connectivity index (χ3n) is 18.5. The van der Waals surface area contributed by atoms with E-state index in [0.717, 1.165) is 11.2 Å². The van der Waals surface area contributed by atoms with Crippen molar-refractivity contribution in [3.63, 3.8) is 0 Å². The molecule has 0 radical (unpaired) electrons. The van der Waals surface area contributed by atoms with Crippen molar-refractivity contribution in [3.8, 4) is 39.1 Å². The first-order valence-electron chi connectivity index (χ1n) is 27.1. The SMILES string of the molecule is CC(C)(C)c1ccc(N2B3c4sc5cc(-c6ccccc6)ccc5c4-n4c5ccc(C(C)(C)C)cc5c5c6c(oc7ccccc76)c(c3c54)-c3cc4c(cc32)C(C)(C)c2cc3c(cc2-4)C(C)(C)CCC3(C)C)cc1. The molecule has 0 atom stereocenters. The first-order valence-corrected chi connectivity index (χ1v) is 27.9. The van der Waals surface area contributed by atoms with E-state index in [1.54, 1.807) is 0 Å². The maximum atomic E-state index is 7.48. The minimum Gasteiger partial charge on any atom is -0.455 e. The van der Waals surface area contributed by atoms with E-state index < -0.39 is 0 Å². The molecule has 364 valence electrons. The molecule has 8 aromatic carbocycles. The number of hydrogen-bond acceptors (Lipinski definition) is 3. The van der Waals surface area contributed by atoms with Crippen LogP contribution in [0, 0.1) is 0 Å².